The Balaban J connectivity index is 2.79. The minimum atomic E-state index is 0.999. The molecule has 1 N–H and O–H groups in total. The van der Waals surface area contributed by atoms with Crippen molar-refractivity contribution in [3.8, 4) is 0 Å². The molecule has 0 heterocycles. The lowest BCUT2D eigenvalue weighted by molar-refractivity contribution is 1.42. The molecule has 15 heavy (non-hydrogen) atoms. The predicted molar refractivity (Wildman–Crippen MR) is 67.9 cm³/mol. The van der Waals surface area contributed by atoms with Crippen molar-refractivity contribution in [1.29, 1.82) is 0 Å². The largest absolute Gasteiger partial charge is 0.356 e. The Morgan fingerprint density at radius 1 is 1.40 bits per heavy atom. The summed E-state index contributed by atoms with van der Waals surface area (Å²) in [6, 6.07) is 8.26. The van der Waals surface area contributed by atoms with Crippen molar-refractivity contribution in [2.24, 2.45) is 0 Å². The number of hydrogen-bond acceptors (Lipinski definition) is 1. The third-order valence-corrected chi connectivity index (χ3v) is 1.99. The van der Waals surface area contributed by atoms with Crippen molar-refractivity contribution < 1.29 is 0 Å². The molecule has 0 bridgehead atoms. The molecule has 0 saturated heterocycles. The van der Waals surface area contributed by atoms with Gasteiger partial charge in [0.1, 0.15) is 0 Å². The molecule has 0 aromatic heterocycles. The van der Waals surface area contributed by atoms with Crippen LogP contribution in [-0.4, -0.2) is 0 Å². The number of aryl methyl sites for hydroxylation is 1. The smallest absolute Gasteiger partial charge is 0.0386 e. The lowest BCUT2D eigenvalue weighted by atomic mass is 10.2. The minimum Gasteiger partial charge on any atom is -0.356 e. The molecule has 78 valence electrons. The van der Waals surface area contributed by atoms with E-state index in [0.29, 0.717) is 0 Å². The molecule has 0 aliphatic carbocycles. The lowest BCUT2D eigenvalue weighted by Gasteiger charge is -2.06. The molecule has 0 amide bonds. The van der Waals surface area contributed by atoms with Gasteiger partial charge in [0.05, 0.1) is 0 Å². The number of hydrogen-bond donors (Lipinski definition) is 1. The molecule has 0 unspecified atom stereocenters. The molecule has 0 saturated carbocycles. The summed E-state index contributed by atoms with van der Waals surface area (Å²) in [6.45, 7) is 7.84. The summed E-state index contributed by atoms with van der Waals surface area (Å²) in [7, 11) is 0. The van der Waals surface area contributed by atoms with E-state index in [4.69, 9.17) is 0 Å². The van der Waals surface area contributed by atoms with Crippen molar-refractivity contribution in [2.75, 3.05) is 5.32 Å². The van der Waals surface area contributed by atoms with Gasteiger partial charge in [-0.3, -0.25) is 0 Å². The Morgan fingerprint density at radius 2 is 2.20 bits per heavy atom. The van der Waals surface area contributed by atoms with Crippen molar-refractivity contribution in [3.63, 3.8) is 0 Å². The summed E-state index contributed by atoms with van der Waals surface area (Å²) < 4.78 is 0. The van der Waals surface area contributed by atoms with E-state index in [1.807, 2.05) is 43.4 Å². The molecule has 0 radical (unpaired) electrons. The van der Waals surface area contributed by atoms with E-state index in [1.165, 1.54) is 5.56 Å². The molecule has 1 heteroatoms. The number of nitrogens with one attached hydrogen (secondary N) is 1. The van der Waals surface area contributed by atoms with Gasteiger partial charge in [-0.05, 0) is 43.7 Å². The maximum absolute atomic E-state index is 3.77. The van der Waals surface area contributed by atoms with E-state index in [2.05, 4.69) is 31.0 Å². The Morgan fingerprint density at radius 3 is 2.80 bits per heavy atom. The van der Waals surface area contributed by atoms with E-state index in [-0.39, 0.29) is 0 Å². The first-order valence-corrected chi connectivity index (χ1v) is 5.05. The maximum atomic E-state index is 3.77. The van der Waals surface area contributed by atoms with Gasteiger partial charge in [-0.25, -0.2) is 0 Å². The summed E-state index contributed by atoms with van der Waals surface area (Å²) in [5.74, 6) is 0. The summed E-state index contributed by atoms with van der Waals surface area (Å²) in [5.41, 5.74) is 3.33. The van der Waals surface area contributed by atoms with Crippen LogP contribution in [0.3, 0.4) is 0 Å². The second-order valence-electron chi connectivity index (χ2n) is 3.35. The molecule has 1 nitrogen and oxygen atoms in total. The van der Waals surface area contributed by atoms with Gasteiger partial charge in [0.2, 0.25) is 0 Å². The predicted octanol–water partition coefficient (Wildman–Crippen LogP) is 4.05. The highest BCUT2D eigenvalue weighted by Crippen LogP contribution is 2.12. The van der Waals surface area contributed by atoms with Crippen LogP contribution >= 0.6 is 0 Å². The van der Waals surface area contributed by atoms with E-state index < -0.39 is 0 Å². The fourth-order valence-electron chi connectivity index (χ4n) is 1.25. The zero-order valence-corrected chi connectivity index (χ0v) is 9.33. The van der Waals surface area contributed by atoms with E-state index >= 15 is 0 Å². The van der Waals surface area contributed by atoms with Crippen molar-refractivity contribution in [2.45, 2.75) is 13.8 Å². The van der Waals surface area contributed by atoms with E-state index in [0.717, 1.165) is 11.4 Å². The van der Waals surface area contributed by atoms with Gasteiger partial charge in [-0.1, -0.05) is 30.9 Å². The average molecular weight is 199 g/mol. The van der Waals surface area contributed by atoms with Crippen LogP contribution in [0.4, 0.5) is 5.69 Å². The van der Waals surface area contributed by atoms with Crippen molar-refractivity contribution in [3.05, 3.63) is 66.4 Å². The number of rotatable bonds is 4. The highest BCUT2D eigenvalue weighted by atomic mass is 14.9. The quantitative estimate of drug-likeness (QED) is 0.721. The Bertz CT molecular complexity index is 386. The Labute approximate surface area is 91.8 Å². The van der Waals surface area contributed by atoms with E-state index in [9.17, 15) is 0 Å². The van der Waals surface area contributed by atoms with Crippen LogP contribution < -0.4 is 5.32 Å². The van der Waals surface area contributed by atoms with Crippen molar-refractivity contribution >= 4 is 5.69 Å². The van der Waals surface area contributed by atoms with Gasteiger partial charge in [-0.15, -0.1) is 0 Å². The van der Waals surface area contributed by atoms with Crippen LogP contribution in [0.2, 0.25) is 0 Å². The first kappa shape index (κ1) is 11.3. The van der Waals surface area contributed by atoms with Crippen LogP contribution in [0.25, 0.3) is 0 Å². The summed E-state index contributed by atoms with van der Waals surface area (Å²) in [6.07, 6.45) is 7.78. The van der Waals surface area contributed by atoms with Crippen LogP contribution in [0.5, 0.6) is 0 Å². The monoisotopic (exact) mass is 199 g/mol. The zero-order chi connectivity index (χ0) is 11.1. The molecule has 1 aromatic rings. The molecule has 0 aliphatic heterocycles. The number of anilines is 1. The van der Waals surface area contributed by atoms with Crippen LogP contribution in [0, 0.1) is 6.92 Å². The third-order valence-electron chi connectivity index (χ3n) is 1.99. The second kappa shape index (κ2) is 5.86. The van der Waals surface area contributed by atoms with Gasteiger partial charge in [-0.2, -0.15) is 0 Å². The lowest BCUT2D eigenvalue weighted by Crippen LogP contribution is -1.95. The molecule has 0 aliphatic rings. The average Bonchev–Trinajstić information content (AvgIpc) is 2.24. The summed E-state index contributed by atoms with van der Waals surface area (Å²) in [5, 5.41) is 3.30. The van der Waals surface area contributed by atoms with Gasteiger partial charge >= 0.3 is 0 Å². The standard InChI is InChI=1S/C14H17N/c1-4-6-9-13(5-2)15-14-10-7-8-12(3)11-14/h4-11,15H,2H2,1,3H3/b6-4-,13-9+. The van der Waals surface area contributed by atoms with Gasteiger partial charge in [0.25, 0.3) is 0 Å². The Hall–Kier alpha value is -1.76. The molecule has 1 rings (SSSR count). The highest BCUT2D eigenvalue weighted by Gasteiger charge is 1.93. The van der Waals surface area contributed by atoms with Crippen LogP contribution in [0.1, 0.15) is 12.5 Å². The first-order valence-electron chi connectivity index (χ1n) is 5.05. The molecular weight excluding hydrogens is 182 g/mol. The molecule has 1 aromatic carbocycles. The zero-order valence-electron chi connectivity index (χ0n) is 9.33. The second-order valence-corrected chi connectivity index (χ2v) is 3.35. The number of allylic oxidation sites excluding steroid dienone is 4. The summed E-state index contributed by atoms with van der Waals surface area (Å²) in [4.78, 5) is 0. The summed E-state index contributed by atoms with van der Waals surface area (Å²) >= 11 is 0. The van der Waals surface area contributed by atoms with Gasteiger partial charge < -0.3 is 5.32 Å². The molecular formula is C14H17N. The fraction of sp³-hybridized carbons (Fsp3) is 0.143. The fourth-order valence-corrected chi connectivity index (χ4v) is 1.25. The van der Waals surface area contributed by atoms with Gasteiger partial charge in [0, 0.05) is 11.4 Å². The van der Waals surface area contributed by atoms with E-state index in [1.54, 1.807) is 0 Å². The van der Waals surface area contributed by atoms with Crippen LogP contribution in [-0.2, 0) is 0 Å². The molecule has 0 spiro atoms. The minimum absolute atomic E-state index is 0.999. The first-order chi connectivity index (χ1) is 7.26. The van der Waals surface area contributed by atoms with Crippen LogP contribution in [0.15, 0.2) is 60.8 Å². The van der Waals surface area contributed by atoms with Crippen molar-refractivity contribution in [1.82, 2.24) is 0 Å². The molecule has 0 fully saturated rings. The molecule has 0 atom stereocenters. The normalized spacial score (nSPS) is 11.7. The topological polar surface area (TPSA) is 12.0 Å². The SMILES string of the molecule is C=C/C(=C\C=C/C)Nc1cccc(C)c1. The number of benzene rings is 1. The third kappa shape index (κ3) is 3.86. The maximum Gasteiger partial charge on any atom is 0.0386 e. The Kier molecular flexibility index (Phi) is 4.42. The highest BCUT2D eigenvalue weighted by molar-refractivity contribution is 5.52. The van der Waals surface area contributed by atoms with Gasteiger partial charge in [0.15, 0.2) is 0 Å².